The predicted octanol–water partition coefficient (Wildman–Crippen LogP) is 3.69. The highest BCUT2D eigenvalue weighted by Gasteiger charge is 2.67. The number of imidazole rings is 1. The van der Waals surface area contributed by atoms with Crippen LogP contribution in [0.4, 0.5) is 22.0 Å². The molecule has 2 aliphatic carbocycles. The van der Waals surface area contributed by atoms with Crippen LogP contribution in [-0.2, 0) is 5.54 Å². The first-order chi connectivity index (χ1) is 19.8. The zero-order valence-electron chi connectivity index (χ0n) is 21.8. The molecule has 10 nitrogen and oxygen atoms in total. The third-order valence-corrected chi connectivity index (χ3v) is 8.47. The molecular formula is C27H22F5N7O3. The van der Waals surface area contributed by atoms with E-state index in [4.69, 9.17) is 10.5 Å². The molecule has 1 aromatic carbocycles. The van der Waals surface area contributed by atoms with Crippen molar-refractivity contribution in [2.24, 2.45) is 5.73 Å². The third kappa shape index (κ3) is 3.72. The summed E-state index contributed by atoms with van der Waals surface area (Å²) in [4.78, 5) is 32.3. The van der Waals surface area contributed by atoms with Crippen molar-refractivity contribution in [3.05, 3.63) is 71.3 Å². The number of rotatable bonds is 4. The van der Waals surface area contributed by atoms with E-state index in [9.17, 15) is 31.9 Å². The van der Waals surface area contributed by atoms with E-state index >= 15 is 0 Å². The molecule has 0 radical (unpaired) electrons. The monoisotopic (exact) mass is 587 g/mol. The lowest BCUT2D eigenvalue weighted by Gasteiger charge is -2.50. The summed E-state index contributed by atoms with van der Waals surface area (Å²) in [6.45, 7) is -3.09. The number of nitrogens with two attached hydrogens (primary N) is 1. The van der Waals surface area contributed by atoms with Crippen molar-refractivity contribution < 1.29 is 36.6 Å². The molecule has 4 heterocycles. The van der Waals surface area contributed by atoms with Crippen molar-refractivity contribution in [1.82, 2.24) is 29.2 Å². The van der Waals surface area contributed by atoms with E-state index in [1.165, 1.54) is 30.7 Å². The van der Waals surface area contributed by atoms with Gasteiger partial charge in [0.1, 0.15) is 11.6 Å². The van der Waals surface area contributed by atoms with Crippen LogP contribution in [0.15, 0.2) is 43.0 Å². The molecule has 7 rings (SSSR count). The Morgan fingerprint density at radius 1 is 1.12 bits per heavy atom. The van der Waals surface area contributed by atoms with E-state index in [2.05, 4.69) is 19.9 Å². The summed E-state index contributed by atoms with van der Waals surface area (Å²) in [6.07, 6.45) is 0.149. The lowest BCUT2D eigenvalue weighted by atomic mass is 9.64. The molecule has 1 amide bonds. The van der Waals surface area contributed by atoms with Gasteiger partial charge < -0.3 is 20.5 Å². The standard InChI is InChI=1S/C27H22F5N7O3/c1-38-16-5-15(18-14(21(38)40)3-2-4-17(18)42-23(28)29)20-19(16)37-24-36-8-13(9-39(20)24)12-6-34-22(35-7-12)25(33)10-26(41,11-25)27(30,31)32/h2-4,6-9,15-16,23,41H,5,10-11,33H2,1H3. The Bertz CT molecular complexity index is 1750. The number of carbonyl (C=O) groups is 1. The molecule has 1 fully saturated rings. The zero-order valence-corrected chi connectivity index (χ0v) is 21.8. The van der Waals surface area contributed by atoms with E-state index in [1.54, 1.807) is 28.6 Å². The minimum atomic E-state index is -4.81. The summed E-state index contributed by atoms with van der Waals surface area (Å²) < 4.78 is 72.5. The fraction of sp³-hybridized carbons (Fsp3) is 0.370. The maximum absolute atomic E-state index is 13.3. The number of carbonyl (C=O) groups excluding carboxylic acids is 1. The van der Waals surface area contributed by atoms with Crippen molar-refractivity contribution in [1.29, 1.82) is 0 Å². The highest BCUT2D eigenvalue weighted by atomic mass is 19.4. The van der Waals surface area contributed by atoms with Crippen molar-refractivity contribution >= 4 is 11.7 Å². The van der Waals surface area contributed by atoms with E-state index in [1.807, 2.05) is 0 Å². The highest BCUT2D eigenvalue weighted by Crippen LogP contribution is 2.54. The van der Waals surface area contributed by atoms with Crippen LogP contribution in [0.2, 0.25) is 0 Å². The van der Waals surface area contributed by atoms with Gasteiger partial charge in [0.05, 0.1) is 23.0 Å². The summed E-state index contributed by atoms with van der Waals surface area (Å²) >= 11 is 0. The van der Waals surface area contributed by atoms with Gasteiger partial charge in [-0.1, -0.05) is 6.07 Å². The van der Waals surface area contributed by atoms with Crippen LogP contribution in [0.1, 0.15) is 64.4 Å². The van der Waals surface area contributed by atoms with Crippen molar-refractivity contribution in [2.75, 3.05) is 7.05 Å². The summed E-state index contributed by atoms with van der Waals surface area (Å²) in [5, 5.41) is 9.82. The van der Waals surface area contributed by atoms with Crippen LogP contribution >= 0.6 is 0 Å². The van der Waals surface area contributed by atoms with Gasteiger partial charge in [0, 0.05) is 72.8 Å². The molecule has 0 saturated heterocycles. The first-order valence-corrected chi connectivity index (χ1v) is 12.9. The van der Waals surface area contributed by atoms with Gasteiger partial charge in [-0.2, -0.15) is 22.0 Å². The molecule has 2 unspecified atom stereocenters. The quantitative estimate of drug-likeness (QED) is 0.346. The van der Waals surface area contributed by atoms with Gasteiger partial charge in [0.25, 0.3) is 5.91 Å². The lowest BCUT2D eigenvalue weighted by molar-refractivity contribution is -0.304. The Morgan fingerprint density at radius 2 is 1.81 bits per heavy atom. The third-order valence-electron chi connectivity index (χ3n) is 8.47. The number of aromatic nitrogens is 5. The number of ether oxygens (including phenoxy) is 1. The van der Waals surface area contributed by atoms with Gasteiger partial charge in [0.2, 0.25) is 5.78 Å². The number of fused-ring (bicyclic) bond motifs is 9. The van der Waals surface area contributed by atoms with Crippen molar-refractivity contribution in [3.63, 3.8) is 0 Å². The van der Waals surface area contributed by atoms with Crippen LogP contribution in [0.25, 0.3) is 16.9 Å². The first kappa shape index (κ1) is 26.6. The fourth-order valence-corrected chi connectivity index (χ4v) is 6.46. The van der Waals surface area contributed by atoms with E-state index < -0.39 is 48.7 Å². The van der Waals surface area contributed by atoms with Gasteiger partial charge in [-0.3, -0.25) is 9.20 Å². The van der Waals surface area contributed by atoms with Crippen LogP contribution < -0.4 is 10.5 Å². The Labute approximate surface area is 234 Å². The molecule has 2 bridgehead atoms. The molecule has 218 valence electrons. The number of alkyl halides is 5. The van der Waals surface area contributed by atoms with E-state index in [0.717, 1.165) is 0 Å². The molecule has 1 aliphatic heterocycles. The van der Waals surface area contributed by atoms with Gasteiger partial charge >= 0.3 is 12.8 Å². The van der Waals surface area contributed by atoms with Crippen LogP contribution in [0, 0.1) is 0 Å². The number of benzene rings is 1. The average Bonchev–Trinajstić information content (AvgIpc) is 3.44. The summed E-state index contributed by atoms with van der Waals surface area (Å²) in [6, 6.07) is 4.07. The number of nitrogens with zero attached hydrogens (tertiary/aromatic N) is 6. The van der Waals surface area contributed by atoms with E-state index in [-0.39, 0.29) is 23.0 Å². The van der Waals surface area contributed by atoms with Gasteiger partial charge in [-0.05, 0) is 18.6 Å². The zero-order chi connectivity index (χ0) is 29.8. The van der Waals surface area contributed by atoms with Crippen LogP contribution in [0.3, 0.4) is 0 Å². The first-order valence-electron chi connectivity index (χ1n) is 12.9. The molecule has 42 heavy (non-hydrogen) atoms. The van der Waals surface area contributed by atoms with Crippen LogP contribution in [-0.4, -0.2) is 65.7 Å². The summed E-state index contributed by atoms with van der Waals surface area (Å²) in [7, 11) is 1.64. The predicted molar refractivity (Wildman–Crippen MR) is 134 cm³/mol. The fourth-order valence-electron chi connectivity index (χ4n) is 6.46. The number of aliphatic hydroxyl groups is 1. The average molecular weight is 588 g/mol. The summed E-state index contributed by atoms with van der Waals surface area (Å²) in [5.41, 5.74) is 4.58. The van der Waals surface area contributed by atoms with Crippen molar-refractivity contribution in [2.45, 2.75) is 55.1 Å². The van der Waals surface area contributed by atoms with Crippen LogP contribution in [0.5, 0.6) is 5.75 Å². The molecule has 3 N–H and O–H groups in total. The molecule has 0 spiro atoms. The largest absolute Gasteiger partial charge is 0.434 e. The SMILES string of the molecule is CN1C(=O)c2cccc(OC(F)F)c2C2CC1c1nc3ncc(-c4cnc(C5(N)CC(O)(C(F)(F)F)C5)nc4)cn3c12. The maximum atomic E-state index is 13.3. The maximum Gasteiger partial charge on any atom is 0.417 e. The number of hydrogen-bond acceptors (Lipinski definition) is 8. The van der Waals surface area contributed by atoms with Gasteiger partial charge in [-0.15, -0.1) is 0 Å². The number of hydrogen-bond donors (Lipinski definition) is 2. The Balaban J connectivity index is 1.28. The minimum Gasteiger partial charge on any atom is -0.434 e. The Hall–Kier alpha value is -4.24. The lowest BCUT2D eigenvalue weighted by Crippen LogP contribution is -2.66. The second-order valence-corrected chi connectivity index (χ2v) is 11.0. The molecule has 4 aromatic rings. The second-order valence-electron chi connectivity index (χ2n) is 11.0. The Morgan fingerprint density at radius 3 is 2.48 bits per heavy atom. The molecular weight excluding hydrogens is 565 g/mol. The molecule has 3 aromatic heterocycles. The van der Waals surface area contributed by atoms with Crippen molar-refractivity contribution in [3.8, 4) is 16.9 Å². The van der Waals surface area contributed by atoms with Gasteiger partial charge in [0.15, 0.2) is 5.60 Å². The summed E-state index contributed by atoms with van der Waals surface area (Å²) in [5.74, 6) is -0.621. The normalized spacial score (nSPS) is 26.7. The highest BCUT2D eigenvalue weighted by molar-refractivity contribution is 5.98. The number of halogens is 5. The molecule has 1 saturated carbocycles. The molecule has 3 aliphatic rings. The number of amides is 1. The topological polar surface area (TPSA) is 132 Å². The smallest absolute Gasteiger partial charge is 0.417 e. The molecule has 15 heteroatoms. The Kier molecular flexibility index (Phi) is 5.48. The van der Waals surface area contributed by atoms with E-state index in [0.29, 0.717) is 40.3 Å². The minimum absolute atomic E-state index is 0.0290. The second kappa shape index (κ2) is 8.64. The molecule has 2 atom stereocenters. The van der Waals surface area contributed by atoms with Gasteiger partial charge in [-0.25, -0.2) is 19.9 Å².